The summed E-state index contributed by atoms with van der Waals surface area (Å²) in [6.45, 7) is 5.30. The number of rotatable bonds is 9. The highest BCUT2D eigenvalue weighted by atomic mass is 16.6. The average molecular weight is 363 g/mol. The van der Waals surface area contributed by atoms with E-state index in [2.05, 4.69) is 22.4 Å². The predicted octanol–water partition coefficient (Wildman–Crippen LogP) is 1.23. The van der Waals surface area contributed by atoms with Crippen LogP contribution in [0.5, 0.6) is 0 Å². The molecule has 11 heteroatoms. The van der Waals surface area contributed by atoms with Crippen LogP contribution in [0.25, 0.3) is 0 Å². The van der Waals surface area contributed by atoms with Crippen LogP contribution in [0, 0.1) is 20.2 Å². The molecule has 26 heavy (non-hydrogen) atoms. The highest BCUT2D eigenvalue weighted by Crippen LogP contribution is 2.24. The van der Waals surface area contributed by atoms with Crippen molar-refractivity contribution >= 4 is 28.9 Å². The second-order valence-electron chi connectivity index (χ2n) is 5.16. The summed E-state index contributed by atoms with van der Waals surface area (Å²) in [6.07, 6.45) is 1.09. The molecule has 0 aliphatic heterocycles. The van der Waals surface area contributed by atoms with Gasteiger partial charge in [-0.05, 0) is 13.0 Å². The number of nitrogens with one attached hydrogen (secondary N) is 2. The Kier molecular flexibility index (Phi) is 7.55. The van der Waals surface area contributed by atoms with Crippen LogP contribution in [-0.4, -0.2) is 33.9 Å². The molecule has 0 aliphatic carbocycles. The number of hydrazone groups is 1. The maximum absolute atomic E-state index is 11.9. The summed E-state index contributed by atoms with van der Waals surface area (Å²) in [5, 5.41) is 28.0. The first kappa shape index (κ1) is 20.4. The molecule has 1 aromatic rings. The van der Waals surface area contributed by atoms with E-state index < -0.39 is 33.5 Å². The van der Waals surface area contributed by atoms with Crippen molar-refractivity contribution in [3.05, 3.63) is 56.6 Å². The van der Waals surface area contributed by atoms with Gasteiger partial charge in [0.25, 0.3) is 11.4 Å². The van der Waals surface area contributed by atoms with Gasteiger partial charge in [0.2, 0.25) is 11.8 Å². The van der Waals surface area contributed by atoms with E-state index in [1.807, 2.05) is 0 Å². The Hall–Kier alpha value is -3.63. The van der Waals surface area contributed by atoms with Crippen LogP contribution >= 0.6 is 0 Å². The van der Waals surface area contributed by atoms with Gasteiger partial charge in [-0.1, -0.05) is 6.08 Å². The number of amides is 2. The largest absolute Gasteiger partial charge is 0.352 e. The minimum absolute atomic E-state index is 0.00896. The lowest BCUT2D eigenvalue weighted by atomic mass is 10.1. The number of hydrogen-bond acceptors (Lipinski definition) is 7. The summed E-state index contributed by atoms with van der Waals surface area (Å²) in [5.74, 6) is -0.959. The van der Waals surface area contributed by atoms with E-state index >= 15 is 0 Å². The van der Waals surface area contributed by atoms with E-state index in [0.29, 0.717) is 12.3 Å². The SMILES string of the molecule is C=CCNC(=O)C/C(C)=N/NC(=O)Cc1ccc([N+](=O)[O-])cc1[N+](=O)[O-]. The number of benzene rings is 1. The maximum atomic E-state index is 11.9. The molecule has 1 rings (SSSR count). The number of nitro benzene ring substituents is 2. The fourth-order valence-electron chi connectivity index (χ4n) is 1.88. The maximum Gasteiger partial charge on any atom is 0.279 e. The summed E-state index contributed by atoms with van der Waals surface area (Å²) < 4.78 is 0. The predicted molar refractivity (Wildman–Crippen MR) is 92.5 cm³/mol. The first-order valence-corrected chi connectivity index (χ1v) is 7.36. The summed E-state index contributed by atoms with van der Waals surface area (Å²) >= 11 is 0. The Balaban J connectivity index is 2.74. The van der Waals surface area contributed by atoms with Crippen LogP contribution in [0.3, 0.4) is 0 Å². The molecule has 2 N–H and O–H groups in total. The fraction of sp³-hybridized carbons (Fsp3) is 0.267. The number of non-ortho nitro benzene ring substituents is 1. The van der Waals surface area contributed by atoms with Crippen LogP contribution in [-0.2, 0) is 16.0 Å². The molecule has 0 atom stereocenters. The average Bonchev–Trinajstić information content (AvgIpc) is 2.58. The van der Waals surface area contributed by atoms with Gasteiger partial charge in [0.05, 0.1) is 28.8 Å². The Morgan fingerprint density at radius 1 is 1.23 bits per heavy atom. The van der Waals surface area contributed by atoms with E-state index in [1.165, 1.54) is 13.0 Å². The number of carbonyl (C=O) groups excluding carboxylic acids is 2. The van der Waals surface area contributed by atoms with E-state index in [-0.39, 0.29) is 17.9 Å². The fourth-order valence-corrected chi connectivity index (χ4v) is 1.88. The Morgan fingerprint density at radius 2 is 1.92 bits per heavy atom. The second kappa shape index (κ2) is 9.61. The first-order chi connectivity index (χ1) is 12.2. The van der Waals surface area contributed by atoms with Gasteiger partial charge in [-0.2, -0.15) is 5.10 Å². The molecular formula is C15H17N5O6. The quantitative estimate of drug-likeness (QED) is 0.291. The van der Waals surface area contributed by atoms with Crippen LogP contribution < -0.4 is 10.7 Å². The third kappa shape index (κ3) is 6.47. The van der Waals surface area contributed by atoms with E-state index in [0.717, 1.165) is 18.2 Å². The highest BCUT2D eigenvalue weighted by molar-refractivity contribution is 6.00. The van der Waals surface area contributed by atoms with Gasteiger partial charge in [-0.25, -0.2) is 5.43 Å². The van der Waals surface area contributed by atoms with Crippen molar-refractivity contribution in [3.63, 3.8) is 0 Å². The highest BCUT2D eigenvalue weighted by Gasteiger charge is 2.21. The van der Waals surface area contributed by atoms with E-state index in [4.69, 9.17) is 0 Å². The zero-order valence-corrected chi connectivity index (χ0v) is 13.9. The van der Waals surface area contributed by atoms with Crippen molar-refractivity contribution in [2.24, 2.45) is 5.10 Å². The molecule has 2 amide bonds. The molecule has 0 bridgehead atoms. The van der Waals surface area contributed by atoms with Crippen molar-refractivity contribution in [3.8, 4) is 0 Å². The summed E-state index contributed by atoms with van der Waals surface area (Å²) in [6, 6.07) is 3.02. The van der Waals surface area contributed by atoms with Crippen LogP contribution in [0.4, 0.5) is 11.4 Å². The van der Waals surface area contributed by atoms with Crippen molar-refractivity contribution in [2.75, 3.05) is 6.54 Å². The number of nitro groups is 2. The molecule has 0 spiro atoms. The zero-order valence-electron chi connectivity index (χ0n) is 13.9. The lowest BCUT2D eigenvalue weighted by Crippen LogP contribution is -2.27. The van der Waals surface area contributed by atoms with Gasteiger partial charge in [0.1, 0.15) is 0 Å². The molecular weight excluding hydrogens is 346 g/mol. The number of nitrogens with zero attached hydrogens (tertiary/aromatic N) is 3. The molecule has 0 heterocycles. The van der Waals surface area contributed by atoms with Gasteiger partial charge in [-0.15, -0.1) is 6.58 Å². The number of hydrogen-bond donors (Lipinski definition) is 2. The molecule has 0 radical (unpaired) electrons. The first-order valence-electron chi connectivity index (χ1n) is 7.36. The van der Waals surface area contributed by atoms with Crippen molar-refractivity contribution in [2.45, 2.75) is 19.8 Å². The monoisotopic (exact) mass is 363 g/mol. The van der Waals surface area contributed by atoms with Crippen LogP contribution in [0.15, 0.2) is 36.0 Å². The van der Waals surface area contributed by atoms with Gasteiger partial charge >= 0.3 is 0 Å². The summed E-state index contributed by atoms with van der Waals surface area (Å²) in [4.78, 5) is 43.5. The zero-order chi connectivity index (χ0) is 19.7. The third-order valence-corrected chi connectivity index (χ3v) is 3.06. The molecule has 0 fully saturated rings. The Bertz CT molecular complexity index is 774. The number of carbonyl (C=O) groups is 2. The van der Waals surface area contributed by atoms with Crippen molar-refractivity contribution in [1.29, 1.82) is 0 Å². The molecule has 0 aromatic heterocycles. The van der Waals surface area contributed by atoms with Gasteiger partial charge < -0.3 is 5.32 Å². The van der Waals surface area contributed by atoms with Crippen molar-refractivity contribution < 1.29 is 19.4 Å². The van der Waals surface area contributed by atoms with Gasteiger partial charge in [-0.3, -0.25) is 29.8 Å². The molecule has 0 unspecified atom stereocenters. The van der Waals surface area contributed by atoms with Crippen molar-refractivity contribution in [1.82, 2.24) is 10.7 Å². The Morgan fingerprint density at radius 3 is 2.50 bits per heavy atom. The minimum atomic E-state index is -0.798. The third-order valence-electron chi connectivity index (χ3n) is 3.06. The molecule has 138 valence electrons. The molecule has 0 saturated heterocycles. The summed E-state index contributed by atoms with van der Waals surface area (Å²) in [5.41, 5.74) is 1.56. The van der Waals surface area contributed by atoms with Gasteiger partial charge in [0.15, 0.2) is 0 Å². The van der Waals surface area contributed by atoms with Crippen LogP contribution in [0.1, 0.15) is 18.9 Å². The smallest absolute Gasteiger partial charge is 0.279 e. The molecule has 1 aromatic carbocycles. The summed E-state index contributed by atoms with van der Waals surface area (Å²) in [7, 11) is 0. The molecule has 0 aliphatic rings. The lowest BCUT2D eigenvalue weighted by molar-refractivity contribution is -0.394. The van der Waals surface area contributed by atoms with E-state index in [1.54, 1.807) is 0 Å². The second-order valence-corrected chi connectivity index (χ2v) is 5.16. The Labute approximate surface area is 148 Å². The molecule has 0 saturated carbocycles. The topological polar surface area (TPSA) is 157 Å². The standard InChI is InChI=1S/C15H17N5O6/c1-3-6-16-14(21)7-10(2)17-18-15(22)8-11-4-5-12(19(23)24)9-13(11)20(25)26/h3-5,9H,1,6-8H2,2H3,(H,16,21)(H,18,22)/b17-10+. The molecule has 11 nitrogen and oxygen atoms in total. The normalized spacial score (nSPS) is 10.7. The van der Waals surface area contributed by atoms with Crippen LogP contribution in [0.2, 0.25) is 0 Å². The lowest BCUT2D eigenvalue weighted by Gasteiger charge is -2.04. The minimum Gasteiger partial charge on any atom is -0.352 e. The van der Waals surface area contributed by atoms with E-state index in [9.17, 15) is 29.8 Å². The van der Waals surface area contributed by atoms with Gasteiger partial charge in [0, 0.05) is 23.9 Å².